The van der Waals surface area contributed by atoms with Crippen molar-refractivity contribution in [1.29, 1.82) is 0 Å². The second kappa shape index (κ2) is 7.41. The van der Waals surface area contributed by atoms with Gasteiger partial charge < -0.3 is 14.7 Å². The third kappa shape index (κ3) is 3.39. The summed E-state index contributed by atoms with van der Waals surface area (Å²) in [4.78, 5) is 20.9. The topological polar surface area (TPSA) is 102 Å². The molecular formula is C15H17ClN4O4. The van der Waals surface area contributed by atoms with Crippen LogP contribution >= 0.6 is 11.6 Å². The lowest BCUT2D eigenvalue weighted by molar-refractivity contribution is -0.384. The number of rotatable bonds is 6. The molecule has 2 aromatic rings. The number of halogens is 1. The number of pyridine rings is 2. The lowest BCUT2D eigenvalue weighted by Crippen LogP contribution is -2.24. The minimum absolute atomic E-state index is 0.0816. The van der Waals surface area contributed by atoms with Crippen LogP contribution in [-0.2, 0) is 0 Å². The van der Waals surface area contributed by atoms with Gasteiger partial charge in [0, 0.05) is 17.7 Å². The Morgan fingerprint density at radius 1 is 1.38 bits per heavy atom. The first-order valence-corrected chi connectivity index (χ1v) is 7.48. The SMILES string of the molecule is COc1nc(N(CCO)c2ccc(Cl)nc2)c([N+](=O)[O-])c(C)c1C. The summed E-state index contributed by atoms with van der Waals surface area (Å²) in [5, 5.41) is 21.3. The molecule has 24 heavy (non-hydrogen) atoms. The van der Waals surface area contributed by atoms with Gasteiger partial charge in [-0.1, -0.05) is 11.6 Å². The van der Waals surface area contributed by atoms with Gasteiger partial charge in [0.2, 0.25) is 11.7 Å². The first kappa shape index (κ1) is 17.9. The van der Waals surface area contributed by atoms with Gasteiger partial charge in [0.15, 0.2) is 0 Å². The zero-order chi connectivity index (χ0) is 17.9. The minimum atomic E-state index is -0.488. The van der Waals surface area contributed by atoms with E-state index in [9.17, 15) is 15.2 Å². The molecule has 0 amide bonds. The Kier molecular flexibility index (Phi) is 5.53. The molecule has 0 aromatic carbocycles. The van der Waals surface area contributed by atoms with E-state index in [1.165, 1.54) is 18.2 Å². The third-order valence-electron chi connectivity index (χ3n) is 3.64. The fourth-order valence-corrected chi connectivity index (χ4v) is 2.44. The zero-order valence-electron chi connectivity index (χ0n) is 13.5. The molecule has 0 unspecified atom stereocenters. The largest absolute Gasteiger partial charge is 0.481 e. The van der Waals surface area contributed by atoms with Gasteiger partial charge in [-0.25, -0.2) is 4.98 Å². The van der Waals surface area contributed by atoms with Crippen LogP contribution in [0.4, 0.5) is 17.2 Å². The number of aromatic nitrogens is 2. The van der Waals surface area contributed by atoms with Gasteiger partial charge in [-0.05, 0) is 26.0 Å². The lowest BCUT2D eigenvalue weighted by atomic mass is 10.1. The Bertz CT molecular complexity index is 752. The van der Waals surface area contributed by atoms with Crippen LogP contribution in [0.2, 0.25) is 5.15 Å². The van der Waals surface area contributed by atoms with Gasteiger partial charge in [0.05, 0.1) is 30.5 Å². The van der Waals surface area contributed by atoms with E-state index < -0.39 is 4.92 Å². The van der Waals surface area contributed by atoms with Crippen molar-refractivity contribution in [3.8, 4) is 5.88 Å². The molecule has 0 bridgehead atoms. The molecule has 0 radical (unpaired) electrons. The second-order valence-corrected chi connectivity index (χ2v) is 5.40. The van der Waals surface area contributed by atoms with Crippen LogP contribution in [0.3, 0.4) is 0 Å². The molecule has 0 aliphatic carbocycles. The Morgan fingerprint density at radius 3 is 2.58 bits per heavy atom. The Labute approximate surface area is 143 Å². The number of nitrogens with zero attached hydrogens (tertiary/aromatic N) is 4. The minimum Gasteiger partial charge on any atom is -0.481 e. The van der Waals surface area contributed by atoms with E-state index in [0.29, 0.717) is 22.0 Å². The maximum atomic E-state index is 11.6. The summed E-state index contributed by atoms with van der Waals surface area (Å²) in [5.41, 5.74) is 1.42. The van der Waals surface area contributed by atoms with E-state index in [4.69, 9.17) is 16.3 Å². The van der Waals surface area contributed by atoms with E-state index >= 15 is 0 Å². The summed E-state index contributed by atoms with van der Waals surface area (Å²) >= 11 is 5.79. The summed E-state index contributed by atoms with van der Waals surface area (Å²) < 4.78 is 5.22. The Hall–Kier alpha value is -2.45. The van der Waals surface area contributed by atoms with Gasteiger partial charge in [-0.2, -0.15) is 4.98 Å². The average molecular weight is 353 g/mol. The Morgan fingerprint density at radius 2 is 2.08 bits per heavy atom. The second-order valence-electron chi connectivity index (χ2n) is 5.01. The highest BCUT2D eigenvalue weighted by Crippen LogP contribution is 2.38. The summed E-state index contributed by atoms with van der Waals surface area (Å²) in [6.07, 6.45) is 1.46. The summed E-state index contributed by atoms with van der Waals surface area (Å²) in [7, 11) is 1.45. The van der Waals surface area contributed by atoms with E-state index in [2.05, 4.69) is 9.97 Å². The standard InChI is InChI=1S/C15H17ClN4O4/c1-9-10(2)15(24-3)18-14(13(9)20(22)23)19(6-7-21)11-4-5-12(16)17-8-11/h4-5,8,21H,6-7H2,1-3H3. The molecule has 8 nitrogen and oxygen atoms in total. The fraction of sp³-hybridized carbons (Fsp3) is 0.333. The molecule has 0 fully saturated rings. The molecule has 2 heterocycles. The van der Waals surface area contributed by atoms with E-state index in [1.807, 2.05) is 0 Å². The molecule has 0 saturated carbocycles. The zero-order valence-corrected chi connectivity index (χ0v) is 14.2. The maximum Gasteiger partial charge on any atom is 0.315 e. The summed E-state index contributed by atoms with van der Waals surface area (Å²) in [6, 6.07) is 3.21. The van der Waals surface area contributed by atoms with Crippen LogP contribution in [0, 0.1) is 24.0 Å². The normalized spacial score (nSPS) is 10.5. The quantitative estimate of drug-likeness (QED) is 0.484. The number of hydrogen-bond donors (Lipinski definition) is 1. The fourth-order valence-electron chi connectivity index (χ4n) is 2.33. The summed E-state index contributed by atoms with van der Waals surface area (Å²) in [6.45, 7) is 3.22. The van der Waals surface area contributed by atoms with Crippen molar-refractivity contribution in [3.63, 3.8) is 0 Å². The van der Waals surface area contributed by atoms with Crippen LogP contribution in [0.15, 0.2) is 18.3 Å². The van der Waals surface area contributed by atoms with E-state index in [0.717, 1.165) is 0 Å². The molecule has 0 saturated heterocycles. The van der Waals surface area contributed by atoms with Gasteiger partial charge >= 0.3 is 5.69 Å². The van der Waals surface area contributed by atoms with Gasteiger partial charge in [0.25, 0.3) is 0 Å². The predicted octanol–water partition coefficient (Wildman–Crippen LogP) is 2.79. The number of anilines is 2. The van der Waals surface area contributed by atoms with Crippen LogP contribution in [0.25, 0.3) is 0 Å². The van der Waals surface area contributed by atoms with E-state index in [-0.39, 0.29) is 30.5 Å². The highest BCUT2D eigenvalue weighted by atomic mass is 35.5. The number of aliphatic hydroxyl groups is 1. The molecule has 0 aliphatic rings. The molecular weight excluding hydrogens is 336 g/mol. The Balaban J connectivity index is 2.70. The molecule has 128 valence electrons. The number of methoxy groups -OCH3 is 1. The maximum absolute atomic E-state index is 11.6. The molecule has 1 N–H and O–H groups in total. The van der Waals surface area contributed by atoms with Crippen molar-refractivity contribution in [3.05, 3.63) is 44.7 Å². The van der Waals surface area contributed by atoms with Gasteiger partial charge in [0.1, 0.15) is 5.15 Å². The van der Waals surface area contributed by atoms with Gasteiger partial charge in [-0.15, -0.1) is 0 Å². The number of ether oxygens (including phenoxy) is 1. The third-order valence-corrected chi connectivity index (χ3v) is 3.86. The van der Waals surface area contributed by atoms with Crippen molar-refractivity contribution in [2.75, 3.05) is 25.2 Å². The van der Waals surface area contributed by atoms with E-state index in [1.54, 1.807) is 26.0 Å². The first-order chi connectivity index (χ1) is 11.4. The van der Waals surface area contributed by atoms with Crippen LogP contribution in [0.1, 0.15) is 11.1 Å². The predicted molar refractivity (Wildman–Crippen MR) is 90.3 cm³/mol. The average Bonchev–Trinajstić information content (AvgIpc) is 2.55. The number of aliphatic hydroxyl groups excluding tert-OH is 1. The molecule has 2 aromatic heterocycles. The number of hydrogen-bond acceptors (Lipinski definition) is 7. The summed E-state index contributed by atoms with van der Waals surface area (Å²) in [5.74, 6) is 0.371. The lowest BCUT2D eigenvalue weighted by Gasteiger charge is -2.24. The van der Waals surface area contributed by atoms with Crippen LogP contribution < -0.4 is 9.64 Å². The molecule has 0 aliphatic heterocycles. The highest BCUT2D eigenvalue weighted by Gasteiger charge is 2.28. The van der Waals surface area contributed by atoms with Gasteiger partial charge in [-0.3, -0.25) is 10.1 Å². The van der Waals surface area contributed by atoms with Crippen molar-refractivity contribution in [2.45, 2.75) is 13.8 Å². The smallest absolute Gasteiger partial charge is 0.315 e. The molecule has 0 spiro atoms. The molecule has 0 atom stereocenters. The molecule has 2 rings (SSSR count). The monoisotopic (exact) mass is 352 g/mol. The van der Waals surface area contributed by atoms with Crippen molar-refractivity contribution in [2.24, 2.45) is 0 Å². The highest BCUT2D eigenvalue weighted by molar-refractivity contribution is 6.29. The van der Waals surface area contributed by atoms with Crippen LogP contribution in [-0.4, -0.2) is 40.3 Å². The molecule has 9 heteroatoms. The van der Waals surface area contributed by atoms with Crippen molar-refractivity contribution in [1.82, 2.24) is 9.97 Å². The first-order valence-electron chi connectivity index (χ1n) is 7.10. The van der Waals surface area contributed by atoms with Crippen LogP contribution in [0.5, 0.6) is 5.88 Å². The number of nitro groups is 1. The van der Waals surface area contributed by atoms with Crippen molar-refractivity contribution >= 4 is 28.8 Å². The van der Waals surface area contributed by atoms with Crippen molar-refractivity contribution < 1.29 is 14.8 Å².